The lowest BCUT2D eigenvalue weighted by molar-refractivity contribution is 0.446. The standard InChI is InChI=1S/C47H35N3S/c1-29-15-24-41(32-10-3-2-4-11-32)49-47(50-45(29)35-22-23-38-37-13-7-8-14-42(37)51-43(38)28-35)33-19-16-31(17-20-33)40-27-34-21-18-30-9-5-6-12-36(30)44(34)46-39(40)25-26-48-46/h2-14,16-23,25-29,45,48H,15,24H2,1H3. The van der Waals surface area contributed by atoms with Gasteiger partial charge in [-0.05, 0) is 81.4 Å². The molecular formula is C47H35N3S. The minimum atomic E-state index is 0.00477. The summed E-state index contributed by atoms with van der Waals surface area (Å²) in [6.45, 7) is 2.35. The van der Waals surface area contributed by atoms with E-state index in [2.05, 4.69) is 164 Å². The number of hydrogen-bond donors (Lipinski definition) is 1. The van der Waals surface area contributed by atoms with Gasteiger partial charge in [0.2, 0.25) is 0 Å². The molecule has 0 amide bonds. The van der Waals surface area contributed by atoms with Crippen molar-refractivity contribution < 1.29 is 0 Å². The fourth-order valence-electron chi connectivity index (χ4n) is 8.06. The molecule has 2 atom stereocenters. The highest BCUT2D eigenvalue weighted by Crippen LogP contribution is 2.40. The smallest absolute Gasteiger partial charge is 0.155 e. The second-order valence-electron chi connectivity index (χ2n) is 13.8. The van der Waals surface area contributed by atoms with Crippen molar-refractivity contribution >= 4 is 75.5 Å². The van der Waals surface area contributed by atoms with Crippen LogP contribution in [0.2, 0.25) is 0 Å². The molecule has 1 N–H and O–H groups in total. The lowest BCUT2D eigenvalue weighted by Gasteiger charge is -2.25. The van der Waals surface area contributed by atoms with Crippen LogP contribution in [0.15, 0.2) is 162 Å². The molecule has 0 saturated carbocycles. The number of benzene rings is 7. The Labute approximate surface area is 300 Å². The molecule has 0 saturated heterocycles. The third kappa shape index (κ3) is 5.17. The highest BCUT2D eigenvalue weighted by atomic mass is 32.1. The fourth-order valence-corrected chi connectivity index (χ4v) is 9.22. The molecule has 51 heavy (non-hydrogen) atoms. The zero-order valence-corrected chi connectivity index (χ0v) is 29.1. The van der Waals surface area contributed by atoms with Gasteiger partial charge in [0.15, 0.2) is 5.84 Å². The summed E-state index contributed by atoms with van der Waals surface area (Å²) in [5, 5.41) is 8.91. The Kier molecular flexibility index (Phi) is 7.17. The normalized spacial score (nSPS) is 16.8. The van der Waals surface area contributed by atoms with Gasteiger partial charge < -0.3 is 4.98 Å². The number of amidine groups is 1. The van der Waals surface area contributed by atoms with E-state index in [4.69, 9.17) is 9.98 Å². The number of rotatable bonds is 4. The van der Waals surface area contributed by atoms with Gasteiger partial charge in [-0.15, -0.1) is 11.3 Å². The van der Waals surface area contributed by atoms with Crippen LogP contribution in [0.1, 0.15) is 42.5 Å². The van der Waals surface area contributed by atoms with Crippen LogP contribution in [0.25, 0.3) is 63.7 Å². The Morgan fingerprint density at radius 2 is 1.35 bits per heavy atom. The summed E-state index contributed by atoms with van der Waals surface area (Å²) < 4.78 is 2.64. The van der Waals surface area contributed by atoms with E-state index in [9.17, 15) is 0 Å². The van der Waals surface area contributed by atoms with E-state index in [1.54, 1.807) is 0 Å². The second-order valence-corrected chi connectivity index (χ2v) is 14.9. The van der Waals surface area contributed by atoms with E-state index in [1.807, 2.05) is 11.3 Å². The number of aliphatic imine (C=N–C) groups is 2. The summed E-state index contributed by atoms with van der Waals surface area (Å²) in [6, 6.07) is 52.9. The van der Waals surface area contributed by atoms with E-state index >= 15 is 0 Å². The number of H-pyrrole nitrogens is 1. The SMILES string of the molecule is CC1CCC(c2ccccc2)=NC(c2ccc(-c3cc4ccc5ccccc5c4c4[nH]ccc34)cc2)=NC1c1ccc2c(c1)sc1ccccc12. The van der Waals surface area contributed by atoms with Gasteiger partial charge in [0.25, 0.3) is 0 Å². The Morgan fingerprint density at radius 3 is 2.24 bits per heavy atom. The monoisotopic (exact) mass is 673 g/mol. The van der Waals surface area contributed by atoms with Crippen LogP contribution >= 0.6 is 11.3 Å². The van der Waals surface area contributed by atoms with E-state index in [-0.39, 0.29) is 6.04 Å². The first-order valence-electron chi connectivity index (χ1n) is 17.8. The van der Waals surface area contributed by atoms with Crippen molar-refractivity contribution in [1.29, 1.82) is 0 Å². The van der Waals surface area contributed by atoms with Crippen LogP contribution in [-0.4, -0.2) is 16.5 Å². The summed E-state index contributed by atoms with van der Waals surface area (Å²) in [5.74, 6) is 1.14. The van der Waals surface area contributed by atoms with E-state index in [0.717, 1.165) is 35.5 Å². The summed E-state index contributed by atoms with van der Waals surface area (Å²) in [6.07, 6.45) is 3.98. The largest absolute Gasteiger partial charge is 0.361 e. The van der Waals surface area contributed by atoms with Crippen LogP contribution in [-0.2, 0) is 0 Å². The molecule has 1 aliphatic rings. The molecule has 3 nitrogen and oxygen atoms in total. The van der Waals surface area contributed by atoms with Crippen LogP contribution in [0.3, 0.4) is 0 Å². The predicted octanol–water partition coefficient (Wildman–Crippen LogP) is 12.9. The zero-order valence-electron chi connectivity index (χ0n) is 28.3. The van der Waals surface area contributed by atoms with Gasteiger partial charge in [0.1, 0.15) is 0 Å². The topological polar surface area (TPSA) is 40.5 Å². The molecule has 10 rings (SSSR count). The van der Waals surface area contributed by atoms with Crippen molar-refractivity contribution in [3.05, 3.63) is 168 Å². The summed E-state index contributed by atoms with van der Waals surface area (Å²) >= 11 is 1.87. The zero-order chi connectivity index (χ0) is 33.9. The first-order chi connectivity index (χ1) is 25.2. The molecule has 0 bridgehead atoms. The first-order valence-corrected chi connectivity index (χ1v) is 18.6. The summed E-state index contributed by atoms with van der Waals surface area (Å²) in [4.78, 5) is 14.5. The van der Waals surface area contributed by atoms with E-state index < -0.39 is 0 Å². The quantitative estimate of drug-likeness (QED) is 0.181. The molecule has 7 aromatic carbocycles. The van der Waals surface area contributed by atoms with E-state index in [1.165, 1.54) is 69.3 Å². The highest BCUT2D eigenvalue weighted by Gasteiger charge is 2.24. The highest BCUT2D eigenvalue weighted by molar-refractivity contribution is 7.25. The number of nitrogens with one attached hydrogen (secondary N) is 1. The maximum absolute atomic E-state index is 5.54. The number of nitrogens with zero attached hydrogens (tertiary/aromatic N) is 2. The summed E-state index contributed by atoms with van der Waals surface area (Å²) in [5.41, 5.74) is 8.13. The number of fused-ring (bicyclic) bond motifs is 8. The average Bonchev–Trinajstić information content (AvgIpc) is 3.82. The molecule has 0 radical (unpaired) electrons. The van der Waals surface area contributed by atoms with Crippen molar-refractivity contribution in [2.75, 3.05) is 0 Å². The maximum Gasteiger partial charge on any atom is 0.155 e. The minimum Gasteiger partial charge on any atom is -0.361 e. The first kappa shape index (κ1) is 30.0. The molecule has 3 heterocycles. The lowest BCUT2D eigenvalue weighted by atomic mass is 9.88. The predicted molar refractivity (Wildman–Crippen MR) is 219 cm³/mol. The number of hydrogen-bond acceptors (Lipinski definition) is 3. The average molecular weight is 674 g/mol. The van der Waals surface area contributed by atoms with Gasteiger partial charge in [-0.25, -0.2) is 4.99 Å². The van der Waals surface area contributed by atoms with Crippen LogP contribution in [0.4, 0.5) is 0 Å². The molecule has 0 spiro atoms. The van der Waals surface area contributed by atoms with Crippen molar-refractivity contribution in [2.45, 2.75) is 25.8 Å². The number of aromatic nitrogens is 1. The molecule has 0 aliphatic carbocycles. The Hall–Kier alpha value is -5.84. The van der Waals surface area contributed by atoms with Gasteiger partial charge >= 0.3 is 0 Å². The Bertz CT molecular complexity index is 2820. The molecule has 2 aromatic heterocycles. The molecule has 0 fully saturated rings. The van der Waals surface area contributed by atoms with Gasteiger partial charge in [-0.1, -0.05) is 128 Å². The molecule has 9 aromatic rings. The Balaban J connectivity index is 1.09. The van der Waals surface area contributed by atoms with Gasteiger partial charge in [0.05, 0.1) is 17.3 Å². The molecule has 2 unspecified atom stereocenters. The van der Waals surface area contributed by atoms with Gasteiger partial charge in [-0.2, -0.15) is 0 Å². The van der Waals surface area contributed by atoms with Gasteiger partial charge in [-0.3, -0.25) is 4.99 Å². The van der Waals surface area contributed by atoms with Crippen molar-refractivity contribution in [3.8, 4) is 11.1 Å². The molecular weight excluding hydrogens is 639 g/mol. The molecule has 244 valence electrons. The third-order valence-corrected chi connectivity index (χ3v) is 11.9. The van der Waals surface area contributed by atoms with Crippen molar-refractivity contribution in [3.63, 3.8) is 0 Å². The minimum absolute atomic E-state index is 0.00477. The number of aromatic amines is 1. The lowest BCUT2D eigenvalue weighted by Crippen LogP contribution is -2.18. The molecule has 4 heteroatoms. The fraction of sp³-hybridized carbons (Fsp3) is 0.106. The van der Waals surface area contributed by atoms with E-state index in [0.29, 0.717) is 5.92 Å². The number of thiophene rings is 1. The van der Waals surface area contributed by atoms with Gasteiger partial charge in [0, 0.05) is 42.7 Å². The van der Waals surface area contributed by atoms with Crippen LogP contribution < -0.4 is 0 Å². The van der Waals surface area contributed by atoms with Crippen LogP contribution in [0.5, 0.6) is 0 Å². The van der Waals surface area contributed by atoms with Crippen molar-refractivity contribution in [1.82, 2.24) is 4.98 Å². The van der Waals surface area contributed by atoms with Crippen molar-refractivity contribution in [2.24, 2.45) is 15.9 Å². The molecule has 1 aliphatic heterocycles. The maximum atomic E-state index is 5.54. The summed E-state index contributed by atoms with van der Waals surface area (Å²) in [7, 11) is 0. The third-order valence-electron chi connectivity index (χ3n) is 10.7. The van der Waals surface area contributed by atoms with Crippen LogP contribution in [0, 0.1) is 5.92 Å². The second kappa shape index (κ2) is 12.2. The Morgan fingerprint density at radius 1 is 0.608 bits per heavy atom.